The van der Waals surface area contributed by atoms with Gasteiger partial charge in [0.15, 0.2) is 0 Å². The maximum Gasteiger partial charge on any atom is 0.242 e. The fourth-order valence-corrected chi connectivity index (χ4v) is 3.43. The molecule has 0 saturated carbocycles. The zero-order valence-electron chi connectivity index (χ0n) is 11.9. The van der Waals surface area contributed by atoms with E-state index < -0.39 is 10.0 Å². The molecule has 0 amide bonds. The highest BCUT2D eigenvalue weighted by molar-refractivity contribution is 7.98. The van der Waals surface area contributed by atoms with Crippen molar-refractivity contribution < 1.29 is 8.42 Å². The summed E-state index contributed by atoms with van der Waals surface area (Å²) in [6, 6.07) is 7.25. The Labute approximate surface area is 120 Å². The predicted molar refractivity (Wildman–Crippen MR) is 82.1 cm³/mol. The van der Waals surface area contributed by atoms with Crippen LogP contribution in [0.25, 0.3) is 0 Å². The van der Waals surface area contributed by atoms with E-state index in [1.165, 1.54) is 4.31 Å². The topological polar surface area (TPSA) is 49.4 Å². The van der Waals surface area contributed by atoms with E-state index in [0.29, 0.717) is 11.4 Å². The summed E-state index contributed by atoms with van der Waals surface area (Å²) in [5.74, 6) is 0.794. The molecule has 0 aliphatic carbocycles. The average Bonchev–Trinajstić information content (AvgIpc) is 2.43. The first kappa shape index (κ1) is 16.5. The molecule has 6 heteroatoms. The Morgan fingerprint density at radius 3 is 2.68 bits per heavy atom. The monoisotopic (exact) mass is 302 g/mol. The Hall–Kier alpha value is -0.560. The summed E-state index contributed by atoms with van der Waals surface area (Å²) in [5.41, 5.74) is 0.974. The van der Waals surface area contributed by atoms with E-state index in [9.17, 15) is 8.42 Å². The number of benzene rings is 1. The number of hydrogen-bond donors (Lipinski definition) is 1. The van der Waals surface area contributed by atoms with Crippen molar-refractivity contribution in [1.29, 1.82) is 0 Å². The van der Waals surface area contributed by atoms with Crippen molar-refractivity contribution >= 4 is 21.8 Å². The minimum atomic E-state index is -3.38. The normalized spacial score (nSPS) is 13.7. The molecule has 1 aromatic rings. The number of sulfonamides is 1. The van der Waals surface area contributed by atoms with Crippen LogP contribution in [0.3, 0.4) is 0 Å². The highest BCUT2D eigenvalue weighted by Gasteiger charge is 2.20. The van der Waals surface area contributed by atoms with E-state index in [2.05, 4.69) is 5.32 Å². The summed E-state index contributed by atoms with van der Waals surface area (Å²) >= 11 is 1.64. The van der Waals surface area contributed by atoms with E-state index in [-0.39, 0.29) is 6.04 Å². The molecule has 1 N–H and O–H groups in total. The largest absolute Gasteiger partial charge is 0.313 e. The maximum atomic E-state index is 12.4. The van der Waals surface area contributed by atoms with E-state index in [1.807, 2.05) is 26.3 Å². The zero-order valence-corrected chi connectivity index (χ0v) is 13.5. The third-order valence-electron chi connectivity index (χ3n) is 3.11. The molecule has 0 saturated heterocycles. The number of thioether (sulfide) groups is 1. The highest BCUT2D eigenvalue weighted by Crippen LogP contribution is 2.19. The summed E-state index contributed by atoms with van der Waals surface area (Å²) in [5, 5.41) is 3.11. The molecule has 1 aromatic carbocycles. The molecule has 1 rings (SSSR count). The molecule has 0 aliphatic heterocycles. The van der Waals surface area contributed by atoms with Crippen molar-refractivity contribution in [2.24, 2.45) is 0 Å². The molecule has 0 aromatic heterocycles. The molecule has 0 spiro atoms. The van der Waals surface area contributed by atoms with Gasteiger partial charge < -0.3 is 5.32 Å². The molecule has 19 heavy (non-hydrogen) atoms. The Balaban J connectivity index is 3.01. The third kappa shape index (κ3) is 4.21. The van der Waals surface area contributed by atoms with E-state index in [4.69, 9.17) is 0 Å². The van der Waals surface area contributed by atoms with Gasteiger partial charge in [-0.3, -0.25) is 0 Å². The lowest BCUT2D eigenvalue weighted by atomic mass is 10.1. The van der Waals surface area contributed by atoms with Crippen molar-refractivity contribution in [2.75, 3.05) is 32.6 Å². The minimum Gasteiger partial charge on any atom is -0.313 e. The number of nitrogens with one attached hydrogen (secondary N) is 1. The first-order valence-electron chi connectivity index (χ1n) is 6.16. The molecule has 0 fully saturated rings. The summed E-state index contributed by atoms with van der Waals surface area (Å²) in [7, 11) is 0.0991. The van der Waals surface area contributed by atoms with Crippen LogP contribution in [0.15, 0.2) is 29.2 Å². The summed E-state index contributed by atoms with van der Waals surface area (Å²) in [6.07, 6.45) is 1.97. The molecule has 0 bridgehead atoms. The standard InChI is InChI=1S/C13H22N2O2S2/c1-11(14-2)12-6-5-7-13(10-12)19(16,17)15(3)8-9-18-4/h5-7,10-11,14H,8-9H2,1-4H3. The van der Waals surface area contributed by atoms with Crippen molar-refractivity contribution in [1.82, 2.24) is 9.62 Å². The summed E-state index contributed by atoms with van der Waals surface area (Å²) in [6.45, 7) is 2.53. The van der Waals surface area contributed by atoms with E-state index in [1.54, 1.807) is 37.0 Å². The van der Waals surface area contributed by atoms with Gasteiger partial charge in [0, 0.05) is 25.4 Å². The van der Waals surface area contributed by atoms with Crippen LogP contribution in [0, 0.1) is 0 Å². The second kappa shape index (κ2) is 7.28. The van der Waals surface area contributed by atoms with Crippen LogP contribution in [-0.4, -0.2) is 45.4 Å². The van der Waals surface area contributed by atoms with Crippen molar-refractivity contribution in [3.05, 3.63) is 29.8 Å². The lowest BCUT2D eigenvalue weighted by Gasteiger charge is -2.18. The Morgan fingerprint density at radius 2 is 2.11 bits per heavy atom. The molecule has 0 heterocycles. The maximum absolute atomic E-state index is 12.4. The van der Waals surface area contributed by atoms with Crippen LogP contribution in [0.2, 0.25) is 0 Å². The molecule has 108 valence electrons. The van der Waals surface area contributed by atoms with Crippen molar-refractivity contribution in [3.63, 3.8) is 0 Å². The van der Waals surface area contributed by atoms with Gasteiger partial charge in [0.25, 0.3) is 0 Å². The highest BCUT2D eigenvalue weighted by atomic mass is 32.2. The molecule has 1 atom stereocenters. The van der Waals surface area contributed by atoms with Crippen LogP contribution < -0.4 is 5.32 Å². The average molecular weight is 302 g/mol. The van der Waals surface area contributed by atoms with Gasteiger partial charge in [-0.2, -0.15) is 11.8 Å². The fourth-order valence-electron chi connectivity index (χ4n) is 1.63. The SMILES string of the molecule is CNC(C)c1cccc(S(=O)(=O)N(C)CCSC)c1. The minimum absolute atomic E-state index is 0.131. The van der Waals surface area contributed by atoms with Crippen LogP contribution in [0.4, 0.5) is 0 Å². The molecular weight excluding hydrogens is 280 g/mol. The van der Waals surface area contributed by atoms with E-state index in [0.717, 1.165) is 11.3 Å². The van der Waals surface area contributed by atoms with Crippen LogP contribution in [-0.2, 0) is 10.0 Å². The fraction of sp³-hybridized carbons (Fsp3) is 0.538. The Morgan fingerprint density at radius 1 is 1.42 bits per heavy atom. The summed E-state index contributed by atoms with van der Waals surface area (Å²) in [4.78, 5) is 0.357. The van der Waals surface area contributed by atoms with Gasteiger partial charge in [0.05, 0.1) is 4.90 Å². The Bertz CT molecular complexity index is 503. The van der Waals surface area contributed by atoms with Gasteiger partial charge in [-0.05, 0) is 37.9 Å². The molecule has 0 aliphatic rings. The van der Waals surface area contributed by atoms with Crippen LogP contribution >= 0.6 is 11.8 Å². The first-order valence-corrected chi connectivity index (χ1v) is 8.99. The third-order valence-corrected chi connectivity index (χ3v) is 5.55. The quantitative estimate of drug-likeness (QED) is 0.836. The van der Waals surface area contributed by atoms with Gasteiger partial charge >= 0.3 is 0 Å². The number of hydrogen-bond acceptors (Lipinski definition) is 4. The lowest BCUT2D eigenvalue weighted by molar-refractivity contribution is 0.488. The van der Waals surface area contributed by atoms with Gasteiger partial charge in [0.1, 0.15) is 0 Å². The lowest BCUT2D eigenvalue weighted by Crippen LogP contribution is -2.29. The molecular formula is C13H22N2O2S2. The summed E-state index contributed by atoms with van der Waals surface area (Å²) < 4.78 is 26.2. The zero-order chi connectivity index (χ0) is 14.5. The molecule has 4 nitrogen and oxygen atoms in total. The van der Waals surface area contributed by atoms with Crippen LogP contribution in [0.1, 0.15) is 18.5 Å². The van der Waals surface area contributed by atoms with E-state index >= 15 is 0 Å². The number of rotatable bonds is 7. The molecule has 0 radical (unpaired) electrons. The Kier molecular flexibility index (Phi) is 6.32. The second-order valence-corrected chi connectivity index (χ2v) is 7.43. The van der Waals surface area contributed by atoms with Gasteiger partial charge in [0.2, 0.25) is 10.0 Å². The van der Waals surface area contributed by atoms with Crippen LogP contribution in [0.5, 0.6) is 0 Å². The smallest absolute Gasteiger partial charge is 0.242 e. The van der Waals surface area contributed by atoms with Gasteiger partial charge in [-0.15, -0.1) is 0 Å². The predicted octanol–water partition coefficient (Wildman–Crippen LogP) is 1.95. The van der Waals surface area contributed by atoms with Crippen molar-refractivity contribution in [2.45, 2.75) is 17.9 Å². The van der Waals surface area contributed by atoms with Gasteiger partial charge in [-0.25, -0.2) is 12.7 Å². The number of nitrogens with zero attached hydrogens (tertiary/aromatic N) is 1. The molecule has 1 unspecified atom stereocenters. The second-order valence-electron chi connectivity index (χ2n) is 4.40. The first-order chi connectivity index (χ1) is 8.93. The van der Waals surface area contributed by atoms with Gasteiger partial charge in [-0.1, -0.05) is 12.1 Å². The van der Waals surface area contributed by atoms with Crippen molar-refractivity contribution in [3.8, 4) is 0 Å².